The third-order valence-electron chi connectivity index (χ3n) is 4.33. The number of hydrogen-bond donors (Lipinski definition) is 1. The maximum Gasteiger partial charge on any atom is 0.342 e. The third kappa shape index (κ3) is 7.19. The van der Waals surface area contributed by atoms with E-state index >= 15 is 0 Å². The van der Waals surface area contributed by atoms with Gasteiger partial charge in [-0.1, -0.05) is 43.7 Å². The van der Waals surface area contributed by atoms with Crippen LogP contribution < -0.4 is 10.2 Å². The van der Waals surface area contributed by atoms with E-state index < -0.39 is 0 Å². The molecule has 2 aromatic rings. The zero-order valence-corrected chi connectivity index (χ0v) is 17.3. The average Bonchev–Trinajstić information content (AvgIpc) is 2.76. The summed E-state index contributed by atoms with van der Waals surface area (Å²) in [7, 11) is 1.71. The lowest BCUT2D eigenvalue weighted by Crippen LogP contribution is -2.38. The summed E-state index contributed by atoms with van der Waals surface area (Å²) in [6.45, 7) is 4.82. The first-order valence-corrected chi connectivity index (χ1v) is 9.95. The Morgan fingerprint density at radius 1 is 1.10 bits per heavy atom. The summed E-state index contributed by atoms with van der Waals surface area (Å²) in [5.41, 5.74) is 2.73. The van der Waals surface area contributed by atoms with Crippen molar-refractivity contribution in [1.82, 2.24) is 10.3 Å². The molecule has 0 fully saturated rings. The van der Waals surface area contributed by atoms with Crippen molar-refractivity contribution < 1.29 is 19.4 Å². The second-order valence-corrected chi connectivity index (χ2v) is 6.58. The molecule has 156 valence electrons. The molecule has 1 aromatic heterocycles. The van der Waals surface area contributed by atoms with Gasteiger partial charge >= 0.3 is 12.0 Å². The van der Waals surface area contributed by atoms with Crippen molar-refractivity contribution >= 4 is 17.8 Å². The van der Waals surface area contributed by atoms with E-state index in [1.165, 1.54) is 4.90 Å². The van der Waals surface area contributed by atoms with Gasteiger partial charge in [0.05, 0.1) is 18.7 Å². The number of rotatable bonds is 10. The number of amides is 2. The lowest BCUT2D eigenvalue weighted by molar-refractivity contribution is -0.269. The molecule has 0 atom stereocenters. The highest BCUT2D eigenvalue weighted by atomic mass is 17.2. The fourth-order valence-corrected chi connectivity index (χ4v) is 2.62. The normalized spacial score (nSPS) is 10.4. The number of unbranched alkanes of at least 4 members (excludes halogenated alkanes) is 1. The second kappa shape index (κ2) is 11.8. The lowest BCUT2D eigenvalue weighted by Gasteiger charge is -2.17. The van der Waals surface area contributed by atoms with Gasteiger partial charge in [-0.3, -0.25) is 9.79 Å². The minimum absolute atomic E-state index is 0.169. The Bertz CT molecular complexity index is 793. The fraction of sp³-hybridized carbons (Fsp3) is 0.409. The predicted molar refractivity (Wildman–Crippen MR) is 112 cm³/mol. The largest absolute Gasteiger partial charge is 0.342 e. The molecule has 0 spiro atoms. The summed E-state index contributed by atoms with van der Waals surface area (Å²) in [6, 6.07) is 13.2. The zero-order valence-electron chi connectivity index (χ0n) is 17.3. The Labute approximate surface area is 172 Å². The molecule has 2 amide bonds. The van der Waals surface area contributed by atoms with E-state index in [-0.39, 0.29) is 18.4 Å². The molecule has 7 heteroatoms. The van der Waals surface area contributed by atoms with E-state index in [0.717, 1.165) is 29.7 Å². The van der Waals surface area contributed by atoms with E-state index in [9.17, 15) is 9.59 Å². The predicted octanol–water partition coefficient (Wildman–Crippen LogP) is 4.12. The highest BCUT2D eigenvalue weighted by Gasteiger charge is 2.12. The Hall–Kier alpha value is -2.93. The molecule has 0 unspecified atom stereocenters. The molecular weight excluding hydrogens is 370 g/mol. The summed E-state index contributed by atoms with van der Waals surface area (Å²) in [6.07, 6.45) is 2.80. The molecule has 1 N–H and O–H groups in total. The van der Waals surface area contributed by atoms with E-state index in [1.54, 1.807) is 20.0 Å². The van der Waals surface area contributed by atoms with Crippen LogP contribution in [0.2, 0.25) is 0 Å². The van der Waals surface area contributed by atoms with E-state index in [4.69, 9.17) is 0 Å². The summed E-state index contributed by atoms with van der Waals surface area (Å²) >= 11 is 0. The molecule has 0 aliphatic rings. The van der Waals surface area contributed by atoms with Crippen molar-refractivity contribution in [3.63, 3.8) is 0 Å². The summed E-state index contributed by atoms with van der Waals surface area (Å²) in [4.78, 5) is 39.1. The third-order valence-corrected chi connectivity index (χ3v) is 4.33. The summed E-state index contributed by atoms with van der Waals surface area (Å²) < 4.78 is 0. The number of nitrogens with one attached hydrogen (secondary N) is 1. The van der Waals surface area contributed by atoms with Gasteiger partial charge in [0.25, 0.3) is 0 Å². The van der Waals surface area contributed by atoms with Crippen LogP contribution >= 0.6 is 0 Å². The van der Waals surface area contributed by atoms with Gasteiger partial charge in [0.2, 0.25) is 0 Å². The number of nitrogens with zero attached hydrogens (tertiary/aromatic N) is 2. The van der Waals surface area contributed by atoms with Gasteiger partial charge in [-0.25, -0.2) is 14.6 Å². The highest BCUT2D eigenvalue weighted by Crippen LogP contribution is 2.21. The van der Waals surface area contributed by atoms with Crippen LogP contribution in [0.4, 0.5) is 10.6 Å². The fourth-order valence-electron chi connectivity index (χ4n) is 2.62. The van der Waals surface area contributed by atoms with Crippen LogP contribution in [0.25, 0.3) is 11.3 Å². The van der Waals surface area contributed by atoms with Gasteiger partial charge in [0.1, 0.15) is 5.82 Å². The van der Waals surface area contributed by atoms with Crippen LogP contribution in [-0.2, 0) is 21.0 Å². The van der Waals surface area contributed by atoms with E-state index in [0.29, 0.717) is 25.4 Å². The van der Waals surface area contributed by atoms with Crippen molar-refractivity contribution in [3.05, 3.63) is 48.0 Å². The summed E-state index contributed by atoms with van der Waals surface area (Å²) in [5, 5.41) is 2.88. The molecule has 7 nitrogen and oxygen atoms in total. The summed E-state index contributed by atoms with van der Waals surface area (Å²) in [5.74, 6) is 0.199. The van der Waals surface area contributed by atoms with Crippen molar-refractivity contribution in [2.45, 2.75) is 39.5 Å². The number of benzene rings is 1. The van der Waals surface area contributed by atoms with Crippen LogP contribution in [0.1, 0.15) is 38.7 Å². The van der Waals surface area contributed by atoms with Gasteiger partial charge in [-0.2, -0.15) is 4.89 Å². The Balaban J connectivity index is 1.99. The molecule has 0 saturated carbocycles. The molecule has 1 aromatic carbocycles. The molecular formula is C22H29N3O4. The average molecular weight is 399 g/mol. The van der Waals surface area contributed by atoms with Gasteiger partial charge in [-0.05, 0) is 37.5 Å². The van der Waals surface area contributed by atoms with E-state index in [1.807, 2.05) is 36.4 Å². The van der Waals surface area contributed by atoms with Crippen LogP contribution in [0.15, 0.2) is 42.5 Å². The first-order chi connectivity index (χ1) is 14.0. The monoisotopic (exact) mass is 399 g/mol. The van der Waals surface area contributed by atoms with Gasteiger partial charge in [0, 0.05) is 19.2 Å². The van der Waals surface area contributed by atoms with Gasteiger partial charge < -0.3 is 5.32 Å². The minimum atomic E-state index is -0.384. The maximum atomic E-state index is 12.2. The number of carbonyl (C=O) groups excluding carboxylic acids is 2. The maximum absolute atomic E-state index is 12.2. The lowest BCUT2D eigenvalue weighted by atomic mass is 10.1. The molecule has 29 heavy (non-hydrogen) atoms. The second-order valence-electron chi connectivity index (χ2n) is 6.58. The van der Waals surface area contributed by atoms with Crippen LogP contribution in [-0.4, -0.2) is 37.2 Å². The van der Waals surface area contributed by atoms with E-state index in [2.05, 4.69) is 27.0 Å². The minimum Gasteiger partial charge on any atom is -0.338 e. The highest BCUT2D eigenvalue weighted by molar-refractivity contribution is 5.90. The van der Waals surface area contributed by atoms with Crippen molar-refractivity contribution in [3.8, 4) is 11.3 Å². The number of hydrogen-bond acceptors (Lipinski definition) is 5. The quantitative estimate of drug-likeness (QED) is 0.369. The Kier molecular flexibility index (Phi) is 9.11. The van der Waals surface area contributed by atoms with Crippen molar-refractivity contribution in [2.24, 2.45) is 0 Å². The smallest absolute Gasteiger partial charge is 0.338 e. The van der Waals surface area contributed by atoms with Crippen LogP contribution in [0, 0.1) is 0 Å². The molecule has 2 rings (SSSR count). The standard InChI is InChI=1S/C22H29N3O4/c1-4-6-16-23-22(27)25(3)20-9-7-8-19(24-20)18-13-10-17(11-14-18)12-15-21(26)29-28-5-2/h7-11,13-14H,4-6,12,15-16H2,1-3H3,(H,23,27). The first kappa shape index (κ1) is 22.4. The molecule has 0 bridgehead atoms. The topological polar surface area (TPSA) is 80.8 Å². The Morgan fingerprint density at radius 2 is 1.86 bits per heavy atom. The Morgan fingerprint density at radius 3 is 2.55 bits per heavy atom. The van der Waals surface area contributed by atoms with Crippen LogP contribution in [0.5, 0.6) is 0 Å². The number of pyridine rings is 1. The molecule has 1 heterocycles. The molecule has 0 radical (unpaired) electrons. The number of carbonyl (C=O) groups is 2. The van der Waals surface area contributed by atoms with Crippen LogP contribution in [0.3, 0.4) is 0 Å². The zero-order chi connectivity index (χ0) is 21.1. The molecule has 0 saturated heterocycles. The molecule has 0 aliphatic heterocycles. The van der Waals surface area contributed by atoms with Gasteiger partial charge in [-0.15, -0.1) is 0 Å². The van der Waals surface area contributed by atoms with Crippen molar-refractivity contribution in [1.29, 1.82) is 0 Å². The number of anilines is 1. The molecule has 0 aliphatic carbocycles. The van der Waals surface area contributed by atoms with Crippen molar-refractivity contribution in [2.75, 3.05) is 25.1 Å². The SMILES string of the molecule is CCCCNC(=O)N(C)c1cccc(-c2ccc(CCC(=O)OOCC)cc2)n1. The van der Waals surface area contributed by atoms with Gasteiger partial charge in [0.15, 0.2) is 0 Å². The number of aromatic nitrogens is 1. The first-order valence-electron chi connectivity index (χ1n) is 9.95. The number of urea groups is 1. The number of aryl methyl sites for hydroxylation is 1.